The summed E-state index contributed by atoms with van der Waals surface area (Å²) in [4.78, 5) is 0. The van der Waals surface area contributed by atoms with Gasteiger partial charge in [0.25, 0.3) is 0 Å². The van der Waals surface area contributed by atoms with Crippen LogP contribution in [-0.4, -0.2) is 12.3 Å². The molecule has 0 aliphatic heterocycles. The van der Waals surface area contributed by atoms with Crippen molar-refractivity contribution in [3.8, 4) is 11.5 Å². The van der Waals surface area contributed by atoms with E-state index in [1.807, 2.05) is 30.3 Å². The quantitative estimate of drug-likeness (QED) is 0.0896. The Morgan fingerprint density at radius 1 is 0.472 bits per heavy atom. The van der Waals surface area contributed by atoms with Gasteiger partial charge in [-0.05, 0) is 113 Å². The third kappa shape index (κ3) is 6.65. The van der Waals surface area contributed by atoms with Crippen molar-refractivity contribution in [2.45, 2.75) is 6.42 Å². The van der Waals surface area contributed by atoms with Gasteiger partial charge in [-0.3, -0.25) is 0 Å². The van der Waals surface area contributed by atoms with E-state index in [2.05, 4.69) is 170 Å². The van der Waals surface area contributed by atoms with Gasteiger partial charge in [-0.15, -0.1) is 0 Å². The second-order valence-electron chi connectivity index (χ2n) is 13.5. The van der Waals surface area contributed by atoms with Crippen LogP contribution < -0.4 is 31.3 Å². The van der Waals surface area contributed by atoms with Crippen molar-refractivity contribution in [2.24, 2.45) is 0 Å². The Labute approximate surface area is 315 Å². The highest BCUT2D eigenvalue weighted by molar-refractivity contribution is 8.27. The third-order valence-electron chi connectivity index (χ3n) is 10.3. The van der Waals surface area contributed by atoms with Gasteiger partial charge < -0.3 is 4.74 Å². The molecule has 0 radical (unpaired) electrons. The van der Waals surface area contributed by atoms with Crippen molar-refractivity contribution in [3.05, 3.63) is 200 Å². The van der Waals surface area contributed by atoms with Crippen molar-refractivity contribution in [1.82, 2.24) is 0 Å². The molecule has 0 fully saturated rings. The molecule has 2 unspecified atom stereocenters. The molecule has 0 spiro atoms. The molecule has 0 amide bonds. The standard InChI is InChI=1S/C49H40OP3/c1-6-20-39(21-7-1)50-46-36-38-19-16-18-37-30-31-45-47(33-32-44(46)49(45)48(37)38)52(51-40-22-8-2-9-23-40)34-17-35-53(41-24-10-3-11-25-41,42-26-12-4-13-27-42)43-28-14-5-15-29-43/h1-16,18-33,36,51H,17,34-35H2/q+1. The fourth-order valence-electron chi connectivity index (χ4n) is 7.97. The summed E-state index contributed by atoms with van der Waals surface area (Å²) in [5, 5.41) is 15.0. The Morgan fingerprint density at radius 2 is 1.02 bits per heavy atom. The van der Waals surface area contributed by atoms with Crippen molar-refractivity contribution >= 4 is 82.0 Å². The third-order valence-corrected chi connectivity index (χ3v) is 20.4. The first kappa shape index (κ1) is 33.9. The van der Waals surface area contributed by atoms with Crippen LogP contribution in [0.3, 0.4) is 0 Å². The van der Waals surface area contributed by atoms with E-state index in [0.29, 0.717) is 0 Å². The van der Waals surface area contributed by atoms with Crippen LogP contribution in [0, 0.1) is 0 Å². The fraction of sp³-hybridized carbons (Fsp3) is 0.0612. The van der Waals surface area contributed by atoms with Gasteiger partial charge in [-0.25, -0.2) is 0 Å². The molecule has 0 aliphatic carbocycles. The van der Waals surface area contributed by atoms with Crippen LogP contribution in [0.4, 0.5) is 0 Å². The highest BCUT2D eigenvalue weighted by atomic mass is 32.0. The van der Waals surface area contributed by atoms with Gasteiger partial charge in [0.15, 0.2) is 0 Å². The minimum Gasteiger partial charge on any atom is -0.457 e. The Hall–Kier alpha value is -4.89. The number of benzene rings is 9. The van der Waals surface area contributed by atoms with E-state index in [1.165, 1.54) is 58.8 Å². The number of ether oxygens (including phenoxy) is 1. The second-order valence-corrected chi connectivity index (χ2v) is 22.0. The summed E-state index contributed by atoms with van der Waals surface area (Å²) >= 11 is 0. The van der Waals surface area contributed by atoms with E-state index >= 15 is 0 Å². The molecule has 256 valence electrons. The lowest BCUT2D eigenvalue weighted by molar-refractivity contribution is 0.489. The lowest BCUT2D eigenvalue weighted by Gasteiger charge is -2.29. The monoisotopic (exact) mass is 737 g/mol. The largest absolute Gasteiger partial charge is 0.457 e. The highest BCUT2D eigenvalue weighted by Gasteiger charge is 2.44. The zero-order chi connectivity index (χ0) is 35.5. The predicted octanol–water partition coefficient (Wildman–Crippen LogP) is 11.8. The lowest BCUT2D eigenvalue weighted by atomic mass is 9.94. The predicted molar refractivity (Wildman–Crippen MR) is 237 cm³/mol. The maximum absolute atomic E-state index is 6.63. The van der Waals surface area contributed by atoms with Crippen LogP contribution in [0.2, 0.25) is 0 Å². The van der Waals surface area contributed by atoms with Gasteiger partial charge in [0.05, 0.1) is 6.16 Å². The maximum atomic E-state index is 6.63. The molecule has 9 rings (SSSR count). The van der Waals surface area contributed by atoms with Crippen molar-refractivity contribution in [3.63, 3.8) is 0 Å². The van der Waals surface area contributed by atoms with Gasteiger partial charge >= 0.3 is 0 Å². The molecule has 2 atom stereocenters. The molecule has 1 nitrogen and oxygen atoms in total. The summed E-state index contributed by atoms with van der Waals surface area (Å²) < 4.78 is 6.63. The van der Waals surface area contributed by atoms with Gasteiger partial charge in [0.1, 0.15) is 34.7 Å². The van der Waals surface area contributed by atoms with E-state index in [4.69, 9.17) is 4.74 Å². The van der Waals surface area contributed by atoms with Crippen LogP contribution in [0.25, 0.3) is 32.3 Å². The summed E-state index contributed by atoms with van der Waals surface area (Å²) in [6.45, 7) is 0. The van der Waals surface area contributed by atoms with Crippen LogP contribution >= 0.6 is 23.1 Å². The van der Waals surface area contributed by atoms with E-state index in [1.54, 1.807) is 0 Å². The summed E-state index contributed by atoms with van der Waals surface area (Å²) in [7, 11) is -1.72. The van der Waals surface area contributed by atoms with Crippen LogP contribution in [0.5, 0.6) is 11.5 Å². The highest BCUT2D eigenvalue weighted by Crippen LogP contribution is 2.60. The Morgan fingerprint density at radius 3 is 1.64 bits per heavy atom. The Kier molecular flexibility index (Phi) is 9.74. The molecule has 53 heavy (non-hydrogen) atoms. The number of hydrogen-bond donors (Lipinski definition) is 0. The normalized spacial score (nSPS) is 12.6. The molecule has 0 aliphatic rings. The topological polar surface area (TPSA) is 9.23 Å². The molecule has 0 saturated heterocycles. The molecule has 4 heteroatoms. The molecule has 0 aromatic heterocycles. The average molecular weight is 738 g/mol. The summed E-state index contributed by atoms with van der Waals surface area (Å²) in [5.74, 6) is 1.77. The minimum absolute atomic E-state index is 0.522. The molecule has 0 N–H and O–H groups in total. The summed E-state index contributed by atoms with van der Waals surface area (Å²) in [6.07, 6.45) is 3.43. The first-order valence-electron chi connectivity index (χ1n) is 18.4. The minimum atomic E-state index is -1.92. The van der Waals surface area contributed by atoms with E-state index in [9.17, 15) is 0 Å². The second kappa shape index (κ2) is 15.2. The Balaban J connectivity index is 1.16. The lowest BCUT2D eigenvalue weighted by Crippen LogP contribution is -2.33. The summed E-state index contributed by atoms with van der Waals surface area (Å²) in [5.41, 5.74) is 0. The fourth-order valence-corrected chi connectivity index (χ4v) is 18.0. The van der Waals surface area contributed by atoms with E-state index < -0.39 is 14.9 Å². The van der Waals surface area contributed by atoms with Gasteiger partial charge in [-0.2, -0.15) is 0 Å². The molecule has 0 heterocycles. The number of rotatable bonds is 12. The van der Waals surface area contributed by atoms with Crippen LogP contribution in [-0.2, 0) is 0 Å². The molecular formula is C49H40OP3+. The zero-order valence-electron chi connectivity index (χ0n) is 29.5. The molecule has 9 aromatic rings. The summed E-state index contributed by atoms with van der Waals surface area (Å²) in [6, 6.07) is 73.8. The van der Waals surface area contributed by atoms with Gasteiger partial charge in [-0.1, -0.05) is 148 Å². The van der Waals surface area contributed by atoms with Gasteiger partial charge in [0, 0.05) is 10.8 Å². The van der Waals surface area contributed by atoms with Crippen molar-refractivity contribution < 1.29 is 4.74 Å². The van der Waals surface area contributed by atoms with Crippen molar-refractivity contribution in [1.29, 1.82) is 0 Å². The number of hydrogen-bond acceptors (Lipinski definition) is 1. The molecule has 0 saturated carbocycles. The molecular weight excluding hydrogens is 697 g/mol. The zero-order valence-corrected chi connectivity index (χ0v) is 32.3. The first-order valence-corrected chi connectivity index (χ1v) is 23.7. The molecule has 0 bridgehead atoms. The van der Waals surface area contributed by atoms with Crippen LogP contribution in [0.15, 0.2) is 200 Å². The SMILES string of the molecule is c1ccc(Oc2cc3cccc4ccc5c(P(CCC[P+](c6ccccc6)(c6ccccc6)c6ccccc6)Pc6ccccc6)ccc2c5c43)cc1. The Bertz CT molecular complexity index is 2480. The van der Waals surface area contributed by atoms with E-state index in [-0.39, 0.29) is 0 Å². The van der Waals surface area contributed by atoms with Crippen LogP contribution in [0.1, 0.15) is 6.42 Å². The molecule has 9 aromatic carbocycles. The van der Waals surface area contributed by atoms with Gasteiger partial charge in [0.2, 0.25) is 0 Å². The van der Waals surface area contributed by atoms with Crippen molar-refractivity contribution in [2.75, 3.05) is 12.3 Å². The number of para-hydroxylation sites is 1. The maximum Gasteiger partial charge on any atom is 0.135 e. The average Bonchev–Trinajstić information content (AvgIpc) is 3.23. The first-order chi connectivity index (χ1) is 26.3. The van der Waals surface area contributed by atoms with E-state index in [0.717, 1.165) is 38.5 Å². The smallest absolute Gasteiger partial charge is 0.135 e.